The molecule has 4 N–H and O–H groups in total. The Morgan fingerprint density at radius 1 is 1.41 bits per heavy atom. The van der Waals surface area contributed by atoms with E-state index in [2.05, 4.69) is 5.32 Å². The van der Waals surface area contributed by atoms with Crippen LogP contribution in [0, 0.1) is 0 Å². The van der Waals surface area contributed by atoms with Gasteiger partial charge in [0.15, 0.2) is 0 Å². The van der Waals surface area contributed by atoms with Crippen molar-refractivity contribution in [3.63, 3.8) is 0 Å². The van der Waals surface area contributed by atoms with Crippen LogP contribution in [0.4, 0.5) is 0 Å². The molecule has 0 aromatic rings. The zero-order chi connectivity index (χ0) is 13.5. The first-order valence-corrected chi connectivity index (χ1v) is 7.21. The van der Waals surface area contributed by atoms with Crippen molar-refractivity contribution in [2.75, 3.05) is 18.6 Å². The van der Waals surface area contributed by atoms with Crippen LogP contribution in [0.15, 0.2) is 0 Å². The number of carboxylic acids is 1. The molecule has 100 valence electrons. The molecule has 0 aliphatic heterocycles. The van der Waals surface area contributed by atoms with Crippen LogP contribution in [0.3, 0.4) is 0 Å². The van der Waals surface area contributed by atoms with E-state index in [1.807, 2.05) is 0 Å². The first-order valence-electron chi connectivity index (χ1n) is 5.15. The van der Waals surface area contributed by atoms with Crippen LogP contribution in [-0.4, -0.2) is 50.0 Å². The largest absolute Gasteiger partial charge is 0.480 e. The van der Waals surface area contributed by atoms with Crippen molar-refractivity contribution in [3.05, 3.63) is 0 Å². The zero-order valence-electron chi connectivity index (χ0n) is 9.68. The second-order valence-electron chi connectivity index (χ2n) is 3.82. The molecular formula is C9H18N2O5S. The van der Waals surface area contributed by atoms with E-state index in [9.17, 15) is 18.0 Å². The molecule has 0 aromatic heterocycles. The molecule has 0 fully saturated rings. The van der Waals surface area contributed by atoms with Crippen LogP contribution in [-0.2, 0) is 19.4 Å². The molecule has 0 aromatic carbocycles. The fraction of sp³-hybridized carbons (Fsp3) is 0.778. The summed E-state index contributed by atoms with van der Waals surface area (Å²) in [4.78, 5) is 21.5. The second-order valence-corrected chi connectivity index (χ2v) is 6.08. The van der Waals surface area contributed by atoms with Gasteiger partial charge in [0.25, 0.3) is 0 Å². The number of nitrogens with two attached hydrogens (primary N) is 1. The third-order valence-corrected chi connectivity index (χ3v) is 2.98. The number of aliphatic carboxylic acids is 1. The Morgan fingerprint density at radius 2 is 2.00 bits per heavy atom. The molecular weight excluding hydrogens is 248 g/mol. The highest BCUT2D eigenvalue weighted by Gasteiger charge is 2.11. The number of carbonyl (C=O) groups is 2. The molecule has 0 rings (SSSR count). The lowest BCUT2D eigenvalue weighted by atomic mass is 10.2. The topological polar surface area (TPSA) is 127 Å². The average molecular weight is 266 g/mol. The number of nitrogens with one attached hydrogen (secondary N) is 1. The van der Waals surface area contributed by atoms with E-state index in [0.717, 1.165) is 6.26 Å². The van der Waals surface area contributed by atoms with Crippen LogP contribution in [0.25, 0.3) is 0 Å². The zero-order valence-corrected chi connectivity index (χ0v) is 10.5. The number of hydrogen-bond acceptors (Lipinski definition) is 5. The fourth-order valence-electron chi connectivity index (χ4n) is 1.04. The molecule has 0 unspecified atom stereocenters. The molecule has 0 aliphatic rings. The average Bonchev–Trinajstić information content (AvgIpc) is 2.20. The Labute approximate surface area is 100 Å². The molecule has 1 atom stereocenters. The predicted molar refractivity (Wildman–Crippen MR) is 62.2 cm³/mol. The monoisotopic (exact) mass is 266 g/mol. The van der Waals surface area contributed by atoms with Crippen molar-refractivity contribution >= 4 is 21.7 Å². The van der Waals surface area contributed by atoms with Crippen LogP contribution < -0.4 is 11.1 Å². The smallest absolute Gasteiger partial charge is 0.320 e. The highest BCUT2D eigenvalue weighted by atomic mass is 32.2. The Bertz CT molecular complexity index is 366. The maximum Gasteiger partial charge on any atom is 0.320 e. The van der Waals surface area contributed by atoms with Crippen molar-refractivity contribution in [2.45, 2.75) is 25.3 Å². The quantitative estimate of drug-likeness (QED) is 0.470. The summed E-state index contributed by atoms with van der Waals surface area (Å²) in [5, 5.41) is 11.0. The third kappa shape index (κ3) is 9.76. The maximum atomic E-state index is 11.1. The van der Waals surface area contributed by atoms with Crippen molar-refractivity contribution in [3.8, 4) is 0 Å². The van der Waals surface area contributed by atoms with Crippen molar-refractivity contribution in [2.24, 2.45) is 5.73 Å². The first-order chi connectivity index (χ1) is 7.72. The molecule has 0 spiro atoms. The molecule has 0 bridgehead atoms. The molecule has 1 amide bonds. The summed E-state index contributed by atoms with van der Waals surface area (Å²) in [6.07, 6.45) is 1.69. The lowest BCUT2D eigenvalue weighted by Crippen LogP contribution is -2.32. The second kappa shape index (κ2) is 7.23. The van der Waals surface area contributed by atoms with Gasteiger partial charge < -0.3 is 16.2 Å². The first kappa shape index (κ1) is 15.9. The molecule has 7 nitrogen and oxygen atoms in total. The van der Waals surface area contributed by atoms with E-state index in [1.54, 1.807) is 0 Å². The Hall–Kier alpha value is -1.15. The minimum atomic E-state index is -3.13. The van der Waals surface area contributed by atoms with E-state index in [1.165, 1.54) is 0 Å². The van der Waals surface area contributed by atoms with Gasteiger partial charge in [0, 0.05) is 19.2 Å². The molecule has 8 heteroatoms. The van der Waals surface area contributed by atoms with Crippen LogP contribution >= 0.6 is 0 Å². The predicted octanol–water partition coefficient (Wildman–Crippen LogP) is -1.27. The Balaban J connectivity index is 3.62. The normalized spacial score (nSPS) is 13.1. The van der Waals surface area contributed by atoms with Crippen molar-refractivity contribution < 1.29 is 23.1 Å². The summed E-state index contributed by atoms with van der Waals surface area (Å²) in [5.41, 5.74) is 5.26. The van der Waals surface area contributed by atoms with Gasteiger partial charge in [0.05, 0.1) is 5.75 Å². The van der Waals surface area contributed by atoms with E-state index in [4.69, 9.17) is 10.8 Å². The van der Waals surface area contributed by atoms with E-state index in [-0.39, 0.29) is 24.5 Å². The Kier molecular flexibility index (Phi) is 6.74. The lowest BCUT2D eigenvalue weighted by Gasteiger charge is -2.07. The van der Waals surface area contributed by atoms with Gasteiger partial charge in [-0.2, -0.15) is 0 Å². The minimum Gasteiger partial charge on any atom is -0.480 e. The number of carboxylic acid groups (broad SMARTS) is 1. The van der Waals surface area contributed by atoms with Gasteiger partial charge in [-0.15, -0.1) is 0 Å². The lowest BCUT2D eigenvalue weighted by molar-refractivity contribution is -0.138. The minimum absolute atomic E-state index is 0.0795. The number of carbonyl (C=O) groups excluding carboxylic acids is 1. The van der Waals surface area contributed by atoms with Crippen molar-refractivity contribution in [1.82, 2.24) is 5.32 Å². The van der Waals surface area contributed by atoms with Gasteiger partial charge in [0.1, 0.15) is 15.9 Å². The maximum absolute atomic E-state index is 11.1. The number of rotatable bonds is 8. The van der Waals surface area contributed by atoms with E-state index in [0.29, 0.717) is 13.0 Å². The summed E-state index contributed by atoms with van der Waals surface area (Å²) in [7, 11) is -3.13. The number of sulfone groups is 1. The van der Waals surface area contributed by atoms with Gasteiger partial charge >= 0.3 is 5.97 Å². The third-order valence-electron chi connectivity index (χ3n) is 2.03. The van der Waals surface area contributed by atoms with Gasteiger partial charge in [-0.05, 0) is 12.8 Å². The van der Waals surface area contributed by atoms with Crippen LogP contribution in [0.1, 0.15) is 19.3 Å². The van der Waals surface area contributed by atoms with Crippen LogP contribution in [0.5, 0.6) is 0 Å². The van der Waals surface area contributed by atoms with Crippen molar-refractivity contribution in [1.29, 1.82) is 0 Å². The number of amides is 1. The van der Waals surface area contributed by atoms with Gasteiger partial charge in [-0.3, -0.25) is 9.59 Å². The standard InChI is InChI=1S/C9H18N2O5S/c1-17(15,16)6-4-8(12)11-5-2-3-7(10)9(13)14/h7H,2-6,10H2,1H3,(H,11,12)(H,13,14)/t7-/m0/s1. The SMILES string of the molecule is CS(=O)(=O)CCC(=O)NCCC[C@H](N)C(=O)O. The highest BCUT2D eigenvalue weighted by molar-refractivity contribution is 7.90. The molecule has 0 aliphatic carbocycles. The van der Waals surface area contributed by atoms with E-state index < -0.39 is 21.8 Å². The molecule has 0 heterocycles. The molecule has 0 radical (unpaired) electrons. The summed E-state index contributed by atoms with van der Waals surface area (Å²) in [6, 6.07) is -0.928. The Morgan fingerprint density at radius 3 is 2.47 bits per heavy atom. The fourth-order valence-corrected chi connectivity index (χ4v) is 1.60. The molecule has 17 heavy (non-hydrogen) atoms. The number of hydrogen-bond donors (Lipinski definition) is 3. The molecule has 0 saturated carbocycles. The summed E-state index contributed by atoms with van der Waals surface area (Å²) < 4.78 is 21.5. The highest BCUT2D eigenvalue weighted by Crippen LogP contribution is 1.94. The van der Waals surface area contributed by atoms with Gasteiger partial charge in [-0.25, -0.2) is 8.42 Å². The van der Waals surface area contributed by atoms with Gasteiger partial charge in [-0.1, -0.05) is 0 Å². The van der Waals surface area contributed by atoms with E-state index >= 15 is 0 Å². The summed E-state index contributed by atoms with van der Waals surface area (Å²) in [5.74, 6) is -1.62. The molecule has 0 saturated heterocycles. The van der Waals surface area contributed by atoms with Gasteiger partial charge in [0.2, 0.25) is 5.91 Å². The van der Waals surface area contributed by atoms with Crippen LogP contribution in [0.2, 0.25) is 0 Å². The summed E-state index contributed by atoms with van der Waals surface area (Å²) >= 11 is 0. The summed E-state index contributed by atoms with van der Waals surface area (Å²) in [6.45, 7) is 0.295.